The topological polar surface area (TPSA) is 121 Å². The van der Waals surface area contributed by atoms with Crippen LogP contribution in [0.3, 0.4) is 0 Å². The third-order valence-electron chi connectivity index (χ3n) is 6.19. The van der Waals surface area contributed by atoms with Crippen LogP contribution in [-0.4, -0.2) is 65.1 Å². The molecule has 3 heterocycles. The van der Waals surface area contributed by atoms with Crippen molar-refractivity contribution in [1.29, 1.82) is 0 Å². The fourth-order valence-corrected chi connectivity index (χ4v) is 4.82. The van der Waals surface area contributed by atoms with Gasteiger partial charge < -0.3 is 25.4 Å². The minimum atomic E-state index is -0.646. The van der Waals surface area contributed by atoms with Gasteiger partial charge in [-0.1, -0.05) is 6.07 Å². The summed E-state index contributed by atoms with van der Waals surface area (Å²) in [5, 5.41) is 17.2. The third-order valence-corrected chi connectivity index (χ3v) is 7.06. The van der Waals surface area contributed by atoms with Crippen molar-refractivity contribution >= 4 is 29.1 Å². The van der Waals surface area contributed by atoms with Crippen molar-refractivity contribution in [3.8, 4) is 5.88 Å². The van der Waals surface area contributed by atoms with E-state index < -0.39 is 12.1 Å². The number of nitrogens with zero attached hydrogens (tertiary/aromatic N) is 2. The van der Waals surface area contributed by atoms with E-state index in [1.807, 2.05) is 6.92 Å². The van der Waals surface area contributed by atoms with E-state index in [-0.39, 0.29) is 36.3 Å². The lowest BCUT2D eigenvalue weighted by Crippen LogP contribution is -2.49. The van der Waals surface area contributed by atoms with Crippen LogP contribution in [0.1, 0.15) is 47.5 Å². The molecule has 0 bridgehead atoms. The van der Waals surface area contributed by atoms with E-state index in [4.69, 9.17) is 4.74 Å². The van der Waals surface area contributed by atoms with Gasteiger partial charge in [0, 0.05) is 18.8 Å². The standard InChI is InChI=1S/C23H28N4O5S/c1-2-32-19-6-5-15(11-24-19)16(13-28)26-21(30)17-10-23(7-8-23)14-27(17)20(29)12-25-22(31)18-4-3-9-33-18/h3-6,9,11,16-17,28H,2,7-8,10,12-14H2,1H3,(H,25,31)(H,26,30)/t16?,17-/m1/s1. The second-order valence-corrected chi connectivity index (χ2v) is 9.46. The zero-order valence-electron chi connectivity index (χ0n) is 18.5. The summed E-state index contributed by atoms with van der Waals surface area (Å²) in [6.07, 6.45) is 4.11. The third kappa shape index (κ3) is 5.33. The summed E-state index contributed by atoms with van der Waals surface area (Å²) in [6.45, 7) is 2.40. The summed E-state index contributed by atoms with van der Waals surface area (Å²) in [7, 11) is 0. The highest BCUT2D eigenvalue weighted by atomic mass is 32.1. The lowest BCUT2D eigenvalue weighted by Gasteiger charge is -2.26. The molecule has 1 aliphatic heterocycles. The normalized spacial score (nSPS) is 19.2. The van der Waals surface area contributed by atoms with Crippen molar-refractivity contribution in [3.63, 3.8) is 0 Å². The predicted octanol–water partition coefficient (Wildman–Crippen LogP) is 1.50. The number of pyridine rings is 1. The van der Waals surface area contributed by atoms with E-state index in [0.717, 1.165) is 12.8 Å². The highest BCUT2D eigenvalue weighted by Crippen LogP contribution is 2.54. The van der Waals surface area contributed by atoms with Gasteiger partial charge >= 0.3 is 0 Å². The molecule has 2 aromatic heterocycles. The van der Waals surface area contributed by atoms with Gasteiger partial charge in [-0.3, -0.25) is 14.4 Å². The summed E-state index contributed by atoms with van der Waals surface area (Å²) < 4.78 is 5.34. The van der Waals surface area contributed by atoms with Gasteiger partial charge in [0.2, 0.25) is 17.7 Å². The Bertz CT molecular complexity index is 991. The van der Waals surface area contributed by atoms with Crippen LogP contribution in [0.15, 0.2) is 35.8 Å². The molecule has 1 unspecified atom stereocenters. The Hall–Kier alpha value is -2.98. The molecule has 176 valence electrons. The van der Waals surface area contributed by atoms with Crippen molar-refractivity contribution in [3.05, 3.63) is 46.3 Å². The molecule has 2 atom stereocenters. The minimum Gasteiger partial charge on any atom is -0.478 e. The predicted molar refractivity (Wildman–Crippen MR) is 122 cm³/mol. The molecule has 2 aliphatic rings. The van der Waals surface area contributed by atoms with Gasteiger partial charge in [-0.2, -0.15) is 0 Å². The van der Waals surface area contributed by atoms with E-state index in [9.17, 15) is 19.5 Å². The number of thiophene rings is 1. The van der Waals surface area contributed by atoms with Crippen LogP contribution in [0, 0.1) is 5.41 Å². The van der Waals surface area contributed by atoms with E-state index in [1.165, 1.54) is 11.3 Å². The lowest BCUT2D eigenvalue weighted by molar-refractivity contribution is -0.138. The number of hydrogen-bond acceptors (Lipinski definition) is 7. The Morgan fingerprint density at radius 2 is 2.15 bits per heavy atom. The van der Waals surface area contributed by atoms with Gasteiger partial charge in [-0.05, 0) is 54.7 Å². The number of amides is 3. The number of carbonyl (C=O) groups excluding carboxylic acids is 3. The molecular formula is C23H28N4O5S. The van der Waals surface area contributed by atoms with E-state index in [0.29, 0.717) is 35.9 Å². The number of likely N-dealkylation sites (tertiary alicyclic amines) is 1. The van der Waals surface area contributed by atoms with Crippen LogP contribution >= 0.6 is 11.3 Å². The van der Waals surface area contributed by atoms with E-state index in [2.05, 4.69) is 15.6 Å². The van der Waals surface area contributed by atoms with Crippen LogP contribution in [0.4, 0.5) is 0 Å². The highest BCUT2D eigenvalue weighted by molar-refractivity contribution is 7.12. The summed E-state index contributed by atoms with van der Waals surface area (Å²) in [5.74, 6) is -0.433. The van der Waals surface area contributed by atoms with Crippen LogP contribution in [-0.2, 0) is 9.59 Å². The molecule has 1 aliphatic carbocycles. The van der Waals surface area contributed by atoms with Crippen LogP contribution in [0.2, 0.25) is 0 Å². The number of aromatic nitrogens is 1. The molecule has 3 amide bonds. The van der Waals surface area contributed by atoms with Gasteiger partial charge in [0.25, 0.3) is 5.91 Å². The quantitative estimate of drug-likeness (QED) is 0.509. The zero-order valence-corrected chi connectivity index (χ0v) is 19.3. The SMILES string of the molecule is CCOc1ccc(C(CO)NC(=O)[C@H]2CC3(CC3)CN2C(=O)CNC(=O)c2cccs2)cn1. The van der Waals surface area contributed by atoms with Crippen molar-refractivity contribution in [2.75, 3.05) is 26.3 Å². The van der Waals surface area contributed by atoms with Crippen molar-refractivity contribution < 1.29 is 24.2 Å². The number of rotatable bonds is 9. The number of aliphatic hydroxyl groups excluding tert-OH is 1. The first-order valence-corrected chi connectivity index (χ1v) is 11.9. The van der Waals surface area contributed by atoms with Gasteiger partial charge in [-0.15, -0.1) is 11.3 Å². The summed E-state index contributed by atoms with van der Waals surface area (Å²) in [4.78, 5) is 44.6. The van der Waals surface area contributed by atoms with Crippen LogP contribution in [0.5, 0.6) is 5.88 Å². The number of aliphatic hydroxyl groups is 1. The molecule has 1 saturated carbocycles. The second kappa shape index (κ2) is 9.88. The minimum absolute atomic E-state index is 0.00909. The Balaban J connectivity index is 1.40. The van der Waals surface area contributed by atoms with Crippen LogP contribution in [0.25, 0.3) is 0 Å². The maximum Gasteiger partial charge on any atom is 0.261 e. The number of carbonyl (C=O) groups is 3. The Labute approximate surface area is 196 Å². The van der Waals surface area contributed by atoms with Crippen molar-refractivity contribution in [1.82, 2.24) is 20.5 Å². The van der Waals surface area contributed by atoms with Crippen molar-refractivity contribution in [2.45, 2.75) is 38.3 Å². The Morgan fingerprint density at radius 1 is 1.33 bits per heavy atom. The largest absolute Gasteiger partial charge is 0.478 e. The van der Waals surface area contributed by atoms with Gasteiger partial charge in [0.05, 0.1) is 30.7 Å². The van der Waals surface area contributed by atoms with E-state index >= 15 is 0 Å². The molecule has 2 aromatic rings. The fourth-order valence-electron chi connectivity index (χ4n) is 4.18. The maximum atomic E-state index is 13.2. The first-order chi connectivity index (χ1) is 15.9. The Kier molecular flexibility index (Phi) is 6.94. The summed E-state index contributed by atoms with van der Waals surface area (Å²) in [5.41, 5.74) is 0.639. The van der Waals surface area contributed by atoms with E-state index in [1.54, 1.807) is 40.7 Å². The average molecular weight is 473 g/mol. The molecular weight excluding hydrogens is 444 g/mol. The summed E-state index contributed by atoms with van der Waals surface area (Å²) >= 11 is 1.30. The lowest BCUT2D eigenvalue weighted by atomic mass is 10.0. The van der Waals surface area contributed by atoms with Gasteiger partial charge in [-0.25, -0.2) is 4.98 Å². The fraction of sp³-hybridized carbons (Fsp3) is 0.478. The maximum absolute atomic E-state index is 13.2. The number of ether oxygens (including phenoxy) is 1. The van der Waals surface area contributed by atoms with Gasteiger partial charge in [0.1, 0.15) is 6.04 Å². The number of nitrogens with one attached hydrogen (secondary N) is 2. The first kappa shape index (κ1) is 23.2. The number of hydrogen-bond donors (Lipinski definition) is 3. The molecule has 9 nitrogen and oxygen atoms in total. The molecule has 3 N–H and O–H groups in total. The molecule has 0 aromatic carbocycles. The molecule has 33 heavy (non-hydrogen) atoms. The zero-order chi connectivity index (χ0) is 23.4. The molecule has 1 spiro atoms. The van der Waals surface area contributed by atoms with Crippen LogP contribution < -0.4 is 15.4 Å². The summed E-state index contributed by atoms with van der Waals surface area (Å²) in [6, 6.07) is 5.63. The molecule has 1 saturated heterocycles. The molecule has 4 rings (SSSR count). The molecule has 2 fully saturated rings. The van der Waals surface area contributed by atoms with Gasteiger partial charge in [0.15, 0.2) is 0 Å². The average Bonchev–Trinajstić information content (AvgIpc) is 3.21. The van der Waals surface area contributed by atoms with Crippen molar-refractivity contribution in [2.24, 2.45) is 5.41 Å². The monoisotopic (exact) mass is 472 g/mol. The highest BCUT2D eigenvalue weighted by Gasteiger charge is 2.55. The smallest absolute Gasteiger partial charge is 0.261 e. The second-order valence-electron chi connectivity index (χ2n) is 8.51. The first-order valence-electron chi connectivity index (χ1n) is 11.1. The Morgan fingerprint density at radius 3 is 2.76 bits per heavy atom. The molecule has 0 radical (unpaired) electrons. The molecule has 10 heteroatoms.